The van der Waals surface area contributed by atoms with E-state index in [9.17, 15) is 9.59 Å². The quantitative estimate of drug-likeness (QED) is 0.782. The molecular formula is C15H12ClN3O2S. The topological polar surface area (TPSA) is 63.5 Å². The Bertz CT molecular complexity index is 928. The van der Waals surface area contributed by atoms with E-state index in [2.05, 4.69) is 10.3 Å². The van der Waals surface area contributed by atoms with Crippen LogP contribution in [0.1, 0.15) is 21.7 Å². The highest BCUT2D eigenvalue weighted by Crippen LogP contribution is 2.17. The van der Waals surface area contributed by atoms with Crippen molar-refractivity contribution in [2.24, 2.45) is 0 Å². The minimum Gasteiger partial charge on any atom is -0.316 e. The summed E-state index contributed by atoms with van der Waals surface area (Å²) in [6, 6.07) is 6.46. The predicted octanol–water partition coefficient (Wildman–Crippen LogP) is 3.28. The highest BCUT2D eigenvalue weighted by Gasteiger charge is 2.15. The molecule has 22 heavy (non-hydrogen) atoms. The summed E-state index contributed by atoms with van der Waals surface area (Å²) in [6.07, 6.45) is 0. The fraction of sp³-hybridized carbons (Fsp3) is 0.133. The van der Waals surface area contributed by atoms with Crippen LogP contribution in [-0.2, 0) is 0 Å². The molecule has 112 valence electrons. The van der Waals surface area contributed by atoms with Gasteiger partial charge < -0.3 is 5.32 Å². The van der Waals surface area contributed by atoms with E-state index in [1.165, 1.54) is 15.7 Å². The number of fused-ring (bicyclic) bond motifs is 1. The van der Waals surface area contributed by atoms with Gasteiger partial charge in [0.15, 0.2) is 4.96 Å². The zero-order chi connectivity index (χ0) is 15.9. The first-order valence-electron chi connectivity index (χ1n) is 6.52. The number of thiazole rings is 1. The van der Waals surface area contributed by atoms with Gasteiger partial charge in [-0.05, 0) is 38.1 Å². The molecule has 0 radical (unpaired) electrons. The van der Waals surface area contributed by atoms with Crippen molar-refractivity contribution >= 4 is 39.5 Å². The molecule has 1 amide bonds. The molecule has 5 nitrogen and oxygen atoms in total. The molecule has 2 aromatic heterocycles. The summed E-state index contributed by atoms with van der Waals surface area (Å²) in [5.74, 6) is -0.369. The number of halogens is 1. The van der Waals surface area contributed by atoms with E-state index in [1.54, 1.807) is 31.2 Å². The van der Waals surface area contributed by atoms with Crippen LogP contribution in [0, 0.1) is 13.8 Å². The summed E-state index contributed by atoms with van der Waals surface area (Å²) < 4.78 is 1.50. The number of rotatable bonds is 2. The number of anilines is 1. The van der Waals surface area contributed by atoms with Crippen LogP contribution in [0.5, 0.6) is 0 Å². The second-order valence-electron chi connectivity index (χ2n) is 4.83. The van der Waals surface area contributed by atoms with Gasteiger partial charge in [-0.15, -0.1) is 11.3 Å². The molecule has 0 aliphatic carbocycles. The van der Waals surface area contributed by atoms with E-state index >= 15 is 0 Å². The number of carbonyl (C=O) groups is 1. The van der Waals surface area contributed by atoms with Crippen molar-refractivity contribution in [2.75, 3.05) is 5.32 Å². The largest absolute Gasteiger partial charge is 0.316 e. The molecule has 0 fully saturated rings. The maximum absolute atomic E-state index is 12.5. The van der Waals surface area contributed by atoms with Crippen molar-refractivity contribution in [3.63, 3.8) is 0 Å². The third-order valence-electron chi connectivity index (χ3n) is 3.27. The first-order valence-corrected chi connectivity index (χ1v) is 7.77. The van der Waals surface area contributed by atoms with Gasteiger partial charge in [0, 0.05) is 21.7 Å². The summed E-state index contributed by atoms with van der Waals surface area (Å²) >= 11 is 7.20. The summed E-state index contributed by atoms with van der Waals surface area (Å²) in [7, 11) is 0. The van der Waals surface area contributed by atoms with Gasteiger partial charge in [0.2, 0.25) is 0 Å². The van der Waals surface area contributed by atoms with Crippen LogP contribution in [0.2, 0.25) is 5.02 Å². The average Bonchev–Trinajstić information content (AvgIpc) is 2.85. The summed E-state index contributed by atoms with van der Waals surface area (Å²) in [5, 5.41) is 5.05. The maximum Gasteiger partial charge on any atom is 0.282 e. The number of hydrogen-bond donors (Lipinski definition) is 1. The number of carbonyl (C=O) groups excluding carboxylic acids is 1. The normalized spacial score (nSPS) is 10.9. The van der Waals surface area contributed by atoms with Crippen LogP contribution in [0.4, 0.5) is 5.69 Å². The van der Waals surface area contributed by atoms with Crippen LogP contribution < -0.4 is 10.9 Å². The Labute approximate surface area is 135 Å². The van der Waals surface area contributed by atoms with E-state index in [1.807, 2.05) is 12.3 Å². The Hall–Kier alpha value is -2.18. The molecule has 2 heterocycles. The standard InChI is InChI=1S/C15H12ClN3O2S/c1-8-7-22-15-17-9(2)12(14(21)19(8)15)18-13(20)10-3-5-11(16)6-4-10/h3-7H,1-2H3,(H,18,20). The highest BCUT2D eigenvalue weighted by atomic mass is 35.5. The van der Waals surface area contributed by atoms with Gasteiger partial charge in [-0.25, -0.2) is 4.98 Å². The van der Waals surface area contributed by atoms with Gasteiger partial charge in [0.1, 0.15) is 5.69 Å². The Morgan fingerprint density at radius 2 is 1.95 bits per heavy atom. The number of nitrogens with zero attached hydrogens (tertiary/aromatic N) is 2. The number of amides is 1. The maximum atomic E-state index is 12.5. The molecule has 0 aliphatic rings. The van der Waals surface area contributed by atoms with E-state index in [4.69, 9.17) is 11.6 Å². The zero-order valence-electron chi connectivity index (χ0n) is 11.9. The lowest BCUT2D eigenvalue weighted by Gasteiger charge is -2.08. The summed E-state index contributed by atoms with van der Waals surface area (Å²) in [6.45, 7) is 3.53. The number of benzene rings is 1. The fourth-order valence-corrected chi connectivity index (χ4v) is 3.14. The smallest absolute Gasteiger partial charge is 0.282 e. The lowest BCUT2D eigenvalue weighted by molar-refractivity contribution is 0.102. The van der Waals surface area contributed by atoms with Gasteiger partial charge in [-0.2, -0.15) is 0 Å². The molecule has 0 spiro atoms. The second kappa shape index (κ2) is 5.55. The lowest BCUT2D eigenvalue weighted by Crippen LogP contribution is -2.24. The molecule has 0 atom stereocenters. The third-order valence-corrected chi connectivity index (χ3v) is 4.46. The van der Waals surface area contributed by atoms with Crippen molar-refractivity contribution in [3.8, 4) is 0 Å². The van der Waals surface area contributed by atoms with Crippen molar-refractivity contribution in [1.82, 2.24) is 9.38 Å². The predicted molar refractivity (Wildman–Crippen MR) is 88.2 cm³/mol. The van der Waals surface area contributed by atoms with E-state index < -0.39 is 0 Å². The monoisotopic (exact) mass is 333 g/mol. The molecule has 3 aromatic rings. The molecule has 3 rings (SSSR count). The van der Waals surface area contributed by atoms with E-state index in [0.29, 0.717) is 21.2 Å². The first kappa shape index (κ1) is 14.7. The van der Waals surface area contributed by atoms with Crippen molar-refractivity contribution < 1.29 is 4.79 Å². The molecule has 0 aliphatic heterocycles. The Balaban J connectivity index is 2.03. The molecule has 1 N–H and O–H groups in total. The van der Waals surface area contributed by atoms with Crippen LogP contribution in [-0.4, -0.2) is 15.3 Å². The second-order valence-corrected chi connectivity index (χ2v) is 6.11. The minimum absolute atomic E-state index is 0.193. The van der Waals surface area contributed by atoms with E-state index in [0.717, 1.165) is 5.69 Å². The van der Waals surface area contributed by atoms with Crippen LogP contribution in [0.3, 0.4) is 0 Å². The molecule has 1 aromatic carbocycles. The summed E-state index contributed by atoms with van der Waals surface area (Å²) in [5.41, 5.74) is 1.63. The Kier molecular flexibility index (Phi) is 3.72. The van der Waals surface area contributed by atoms with Gasteiger partial charge in [-0.3, -0.25) is 14.0 Å². The number of aryl methyl sites for hydroxylation is 2. The Morgan fingerprint density at radius 3 is 2.64 bits per heavy atom. The van der Waals surface area contributed by atoms with Gasteiger partial charge in [0.05, 0.1) is 5.69 Å². The zero-order valence-corrected chi connectivity index (χ0v) is 13.5. The van der Waals surface area contributed by atoms with Crippen LogP contribution in [0.25, 0.3) is 4.96 Å². The highest BCUT2D eigenvalue weighted by molar-refractivity contribution is 7.15. The van der Waals surface area contributed by atoms with Gasteiger partial charge in [-0.1, -0.05) is 11.6 Å². The van der Waals surface area contributed by atoms with Crippen LogP contribution in [0.15, 0.2) is 34.4 Å². The van der Waals surface area contributed by atoms with E-state index in [-0.39, 0.29) is 17.2 Å². The number of nitrogens with one attached hydrogen (secondary N) is 1. The van der Waals surface area contributed by atoms with Crippen LogP contribution >= 0.6 is 22.9 Å². The minimum atomic E-state index is -0.369. The van der Waals surface area contributed by atoms with Gasteiger partial charge >= 0.3 is 0 Å². The van der Waals surface area contributed by atoms with Gasteiger partial charge in [0.25, 0.3) is 11.5 Å². The fourth-order valence-electron chi connectivity index (χ4n) is 2.11. The first-order chi connectivity index (χ1) is 10.5. The van der Waals surface area contributed by atoms with Crippen molar-refractivity contribution in [2.45, 2.75) is 13.8 Å². The Morgan fingerprint density at radius 1 is 1.27 bits per heavy atom. The molecule has 0 saturated heterocycles. The molecule has 0 saturated carbocycles. The molecular weight excluding hydrogens is 322 g/mol. The molecule has 7 heteroatoms. The molecule has 0 unspecified atom stereocenters. The summed E-state index contributed by atoms with van der Waals surface area (Å²) in [4.78, 5) is 29.8. The van der Waals surface area contributed by atoms with Crippen molar-refractivity contribution in [1.29, 1.82) is 0 Å². The number of aromatic nitrogens is 2. The SMILES string of the molecule is Cc1nc2scc(C)n2c(=O)c1NC(=O)c1ccc(Cl)cc1. The average molecular weight is 334 g/mol. The molecule has 0 bridgehead atoms. The third kappa shape index (κ3) is 2.51. The lowest BCUT2D eigenvalue weighted by atomic mass is 10.2. The number of hydrogen-bond acceptors (Lipinski definition) is 4. The van der Waals surface area contributed by atoms with Crippen molar-refractivity contribution in [3.05, 3.63) is 62.0 Å².